The number of hydrogen-bond donors (Lipinski definition) is 2. The molecular weight excluding hydrogens is 360 g/mol. The van der Waals surface area contributed by atoms with E-state index in [-0.39, 0.29) is 15.6 Å². The maximum atomic E-state index is 12.4. The van der Waals surface area contributed by atoms with Gasteiger partial charge < -0.3 is 14.5 Å². The summed E-state index contributed by atoms with van der Waals surface area (Å²) in [5.74, 6) is 0.600. The van der Waals surface area contributed by atoms with E-state index < -0.39 is 10.0 Å². The molecule has 2 N–H and O–H groups in total. The van der Waals surface area contributed by atoms with Gasteiger partial charge in [-0.3, -0.25) is 0 Å². The summed E-state index contributed by atoms with van der Waals surface area (Å²) in [5.41, 5.74) is 0. The topological polar surface area (TPSA) is 80.6 Å². The second-order valence-corrected chi connectivity index (χ2v) is 7.44. The molecule has 2 rings (SSSR count). The highest BCUT2D eigenvalue weighted by molar-refractivity contribution is 9.10. The largest absolute Gasteiger partial charge is 0.452 e. The van der Waals surface area contributed by atoms with Crippen LogP contribution in [-0.2, 0) is 21.3 Å². The van der Waals surface area contributed by atoms with Crippen molar-refractivity contribution in [2.75, 3.05) is 19.8 Å². The predicted molar refractivity (Wildman–Crippen MR) is 82.6 cm³/mol. The van der Waals surface area contributed by atoms with Gasteiger partial charge >= 0.3 is 0 Å². The molecule has 8 heteroatoms. The first-order valence-electron chi connectivity index (χ1n) is 7.12. The Bertz CT molecular complexity index is 553. The van der Waals surface area contributed by atoms with Crippen molar-refractivity contribution in [2.24, 2.45) is 0 Å². The van der Waals surface area contributed by atoms with Gasteiger partial charge in [-0.15, -0.1) is 0 Å². The third-order valence-corrected chi connectivity index (χ3v) is 5.64. The molecule has 21 heavy (non-hydrogen) atoms. The first-order valence-corrected chi connectivity index (χ1v) is 9.39. The van der Waals surface area contributed by atoms with Gasteiger partial charge in [0.25, 0.3) is 0 Å². The molecular formula is C13H21BrN2O4S. The Kier molecular flexibility index (Phi) is 6.24. The molecule has 1 fully saturated rings. The van der Waals surface area contributed by atoms with E-state index in [9.17, 15) is 8.42 Å². The van der Waals surface area contributed by atoms with Crippen molar-refractivity contribution in [3.05, 3.63) is 16.5 Å². The summed E-state index contributed by atoms with van der Waals surface area (Å²) in [6, 6.07) is 1.49. The maximum Gasteiger partial charge on any atom is 0.245 e. The van der Waals surface area contributed by atoms with E-state index in [1.165, 1.54) is 0 Å². The molecule has 1 aliphatic heterocycles. The fourth-order valence-corrected chi connectivity index (χ4v) is 4.46. The van der Waals surface area contributed by atoms with Crippen LogP contribution >= 0.6 is 15.9 Å². The van der Waals surface area contributed by atoms with Gasteiger partial charge in [0, 0.05) is 25.3 Å². The van der Waals surface area contributed by atoms with Crippen molar-refractivity contribution in [1.29, 1.82) is 0 Å². The standard InChI is InChI=1S/C13H21BrN2O4S/c1-2-5-15-9-11-8-12(13(14)20-11)21(17,18)16-10-3-6-19-7-4-10/h8,10,15-16H,2-7,9H2,1H3. The molecule has 1 aliphatic rings. The van der Waals surface area contributed by atoms with Crippen molar-refractivity contribution in [1.82, 2.24) is 10.0 Å². The van der Waals surface area contributed by atoms with Gasteiger partial charge in [0.1, 0.15) is 10.7 Å². The quantitative estimate of drug-likeness (QED) is 0.707. The molecule has 0 radical (unpaired) electrons. The summed E-state index contributed by atoms with van der Waals surface area (Å²) >= 11 is 3.19. The molecule has 6 nitrogen and oxygen atoms in total. The number of hydrogen-bond acceptors (Lipinski definition) is 5. The monoisotopic (exact) mass is 380 g/mol. The molecule has 0 amide bonds. The molecule has 0 unspecified atom stereocenters. The van der Waals surface area contributed by atoms with Crippen LogP contribution in [0, 0.1) is 0 Å². The normalized spacial score (nSPS) is 17.2. The van der Waals surface area contributed by atoms with E-state index in [0.717, 1.165) is 13.0 Å². The van der Waals surface area contributed by atoms with E-state index in [2.05, 4.69) is 32.9 Å². The summed E-state index contributed by atoms with van der Waals surface area (Å²) in [6.45, 7) is 4.62. The highest BCUT2D eigenvalue weighted by Gasteiger charge is 2.26. The Hall–Kier alpha value is -0.410. The van der Waals surface area contributed by atoms with Gasteiger partial charge in [-0.1, -0.05) is 6.92 Å². The molecule has 0 spiro atoms. The van der Waals surface area contributed by atoms with E-state index in [0.29, 0.717) is 38.4 Å². The first-order chi connectivity index (χ1) is 10.0. The maximum absolute atomic E-state index is 12.4. The van der Waals surface area contributed by atoms with E-state index in [4.69, 9.17) is 9.15 Å². The number of sulfonamides is 1. The van der Waals surface area contributed by atoms with E-state index in [1.54, 1.807) is 6.07 Å². The van der Waals surface area contributed by atoms with Crippen LogP contribution in [0.25, 0.3) is 0 Å². The Balaban J connectivity index is 2.04. The van der Waals surface area contributed by atoms with Crippen molar-refractivity contribution >= 4 is 26.0 Å². The summed E-state index contributed by atoms with van der Waals surface area (Å²) in [6.07, 6.45) is 2.40. The Labute approximate surface area is 133 Å². The molecule has 0 aromatic carbocycles. The number of nitrogens with one attached hydrogen (secondary N) is 2. The molecule has 120 valence electrons. The van der Waals surface area contributed by atoms with Gasteiger partial charge in [-0.25, -0.2) is 13.1 Å². The Morgan fingerprint density at radius 1 is 1.38 bits per heavy atom. The number of rotatable bonds is 7. The van der Waals surface area contributed by atoms with Crippen LogP contribution in [-0.4, -0.2) is 34.2 Å². The van der Waals surface area contributed by atoms with Crippen LogP contribution in [0.5, 0.6) is 0 Å². The molecule has 0 saturated carbocycles. The van der Waals surface area contributed by atoms with Crippen molar-refractivity contribution in [2.45, 2.75) is 43.7 Å². The SMILES string of the molecule is CCCNCc1cc(S(=O)(=O)NC2CCOCC2)c(Br)o1. The summed E-state index contributed by atoms with van der Waals surface area (Å²) in [4.78, 5) is 0.155. The van der Waals surface area contributed by atoms with E-state index >= 15 is 0 Å². The van der Waals surface area contributed by atoms with Gasteiger partial charge in [0.2, 0.25) is 10.0 Å². The van der Waals surface area contributed by atoms with Crippen LogP contribution in [0.1, 0.15) is 31.9 Å². The smallest absolute Gasteiger partial charge is 0.245 e. The Morgan fingerprint density at radius 3 is 2.76 bits per heavy atom. The van der Waals surface area contributed by atoms with E-state index in [1.807, 2.05) is 0 Å². The minimum Gasteiger partial charge on any atom is -0.452 e. The number of halogens is 1. The number of ether oxygens (including phenoxy) is 1. The van der Waals surface area contributed by atoms with Crippen LogP contribution in [0.15, 0.2) is 20.0 Å². The van der Waals surface area contributed by atoms with Gasteiger partial charge in [0.05, 0.1) is 6.54 Å². The summed E-state index contributed by atoms with van der Waals surface area (Å²) in [7, 11) is -3.57. The average Bonchev–Trinajstić information content (AvgIpc) is 2.82. The first kappa shape index (κ1) is 17.0. The van der Waals surface area contributed by atoms with Crippen LogP contribution < -0.4 is 10.0 Å². The summed E-state index contributed by atoms with van der Waals surface area (Å²) < 4.78 is 38.4. The third-order valence-electron chi connectivity index (χ3n) is 3.27. The van der Waals surface area contributed by atoms with Crippen LogP contribution in [0.3, 0.4) is 0 Å². The van der Waals surface area contributed by atoms with Crippen LogP contribution in [0.4, 0.5) is 0 Å². The second kappa shape index (κ2) is 7.73. The lowest BCUT2D eigenvalue weighted by atomic mass is 10.1. The highest BCUT2D eigenvalue weighted by atomic mass is 79.9. The fourth-order valence-electron chi connectivity index (χ4n) is 2.15. The zero-order chi connectivity index (χ0) is 15.3. The molecule has 1 aromatic heterocycles. The van der Waals surface area contributed by atoms with Gasteiger partial charge in [-0.2, -0.15) is 0 Å². The van der Waals surface area contributed by atoms with Crippen molar-refractivity contribution in [3.63, 3.8) is 0 Å². The molecule has 1 saturated heterocycles. The molecule has 0 bridgehead atoms. The zero-order valence-electron chi connectivity index (χ0n) is 12.0. The second-order valence-electron chi connectivity index (χ2n) is 5.04. The fraction of sp³-hybridized carbons (Fsp3) is 0.692. The lowest BCUT2D eigenvalue weighted by molar-refractivity contribution is 0.0832. The van der Waals surface area contributed by atoms with Crippen molar-refractivity contribution < 1.29 is 17.6 Å². The van der Waals surface area contributed by atoms with Crippen LogP contribution in [0.2, 0.25) is 0 Å². The van der Waals surface area contributed by atoms with Gasteiger partial charge in [-0.05, 0) is 41.7 Å². The lowest BCUT2D eigenvalue weighted by Gasteiger charge is -2.22. The Morgan fingerprint density at radius 2 is 2.10 bits per heavy atom. The molecule has 0 aliphatic carbocycles. The molecule has 0 atom stereocenters. The van der Waals surface area contributed by atoms with Crippen molar-refractivity contribution in [3.8, 4) is 0 Å². The third kappa shape index (κ3) is 4.79. The molecule has 1 aromatic rings. The minimum absolute atomic E-state index is 0.0767. The zero-order valence-corrected chi connectivity index (χ0v) is 14.4. The summed E-state index contributed by atoms with van der Waals surface area (Å²) in [5, 5.41) is 3.18. The number of furan rings is 1. The highest BCUT2D eigenvalue weighted by Crippen LogP contribution is 2.26. The van der Waals surface area contributed by atoms with Gasteiger partial charge in [0.15, 0.2) is 4.67 Å². The lowest BCUT2D eigenvalue weighted by Crippen LogP contribution is -2.38. The average molecular weight is 381 g/mol. The minimum atomic E-state index is -3.57. The molecule has 2 heterocycles. The predicted octanol–water partition coefficient (Wildman–Crippen LogP) is 2.00.